The molecule has 170 valence electrons. The van der Waals surface area contributed by atoms with Crippen LogP contribution < -0.4 is 4.90 Å². The lowest BCUT2D eigenvalue weighted by molar-refractivity contribution is 0.475. The molecule has 34 heavy (non-hydrogen) atoms. The quantitative estimate of drug-likeness (QED) is 0.426. The zero-order chi connectivity index (χ0) is 23.5. The van der Waals surface area contributed by atoms with Crippen molar-refractivity contribution in [2.75, 3.05) is 4.90 Å². The Morgan fingerprint density at radius 1 is 0.824 bits per heavy atom. The molecule has 0 saturated carbocycles. The highest BCUT2D eigenvalue weighted by atomic mass is 16.3. The van der Waals surface area contributed by atoms with Crippen molar-refractivity contribution in [2.24, 2.45) is 17.8 Å². The van der Waals surface area contributed by atoms with Crippen LogP contribution in [0.1, 0.15) is 20.3 Å². The maximum atomic E-state index is 10.2. The summed E-state index contributed by atoms with van der Waals surface area (Å²) in [5.74, 6) is 1.63. The third-order valence-electron chi connectivity index (χ3n) is 6.92. The molecule has 0 aromatic heterocycles. The van der Waals surface area contributed by atoms with Crippen LogP contribution in [0, 0.1) is 17.8 Å². The van der Waals surface area contributed by atoms with Crippen molar-refractivity contribution in [1.29, 1.82) is 0 Å². The average Bonchev–Trinajstić information content (AvgIpc) is 2.86. The molecule has 2 unspecified atom stereocenters. The van der Waals surface area contributed by atoms with Gasteiger partial charge in [0.15, 0.2) is 0 Å². The van der Waals surface area contributed by atoms with E-state index in [1.807, 2.05) is 24.3 Å². The highest BCUT2D eigenvalue weighted by Gasteiger charge is 2.27. The molecule has 5 rings (SSSR count). The Morgan fingerprint density at radius 2 is 1.59 bits per heavy atom. The van der Waals surface area contributed by atoms with Crippen molar-refractivity contribution < 1.29 is 5.11 Å². The van der Waals surface area contributed by atoms with Crippen molar-refractivity contribution in [3.63, 3.8) is 0 Å². The lowest BCUT2D eigenvalue weighted by Gasteiger charge is -2.34. The first-order valence-corrected chi connectivity index (χ1v) is 12.1. The number of hydrogen-bond acceptors (Lipinski definition) is 2. The largest absolute Gasteiger partial charge is 0.508 e. The van der Waals surface area contributed by atoms with Gasteiger partial charge in [0.1, 0.15) is 5.75 Å². The minimum absolute atomic E-state index is 0.266. The fourth-order valence-corrected chi connectivity index (χ4v) is 5.08. The van der Waals surface area contributed by atoms with Crippen LogP contribution in [0.4, 0.5) is 11.4 Å². The van der Waals surface area contributed by atoms with Crippen LogP contribution in [0.25, 0.3) is 11.1 Å². The predicted molar refractivity (Wildman–Crippen MR) is 143 cm³/mol. The van der Waals surface area contributed by atoms with Gasteiger partial charge in [-0.1, -0.05) is 98.3 Å². The van der Waals surface area contributed by atoms with Crippen LogP contribution in [0.3, 0.4) is 0 Å². The van der Waals surface area contributed by atoms with Gasteiger partial charge in [-0.15, -0.1) is 0 Å². The second kappa shape index (κ2) is 9.61. The van der Waals surface area contributed by atoms with Gasteiger partial charge >= 0.3 is 0 Å². The number of anilines is 2. The molecule has 0 fully saturated rings. The zero-order valence-corrected chi connectivity index (χ0v) is 19.8. The van der Waals surface area contributed by atoms with E-state index >= 15 is 0 Å². The van der Waals surface area contributed by atoms with E-state index in [0.29, 0.717) is 17.8 Å². The minimum atomic E-state index is 0.266. The van der Waals surface area contributed by atoms with E-state index in [4.69, 9.17) is 0 Å². The van der Waals surface area contributed by atoms with Gasteiger partial charge in [0.25, 0.3) is 0 Å². The van der Waals surface area contributed by atoms with Crippen molar-refractivity contribution in [1.82, 2.24) is 0 Å². The van der Waals surface area contributed by atoms with E-state index < -0.39 is 0 Å². The lowest BCUT2D eigenvalue weighted by atomic mass is 9.76. The fourth-order valence-electron chi connectivity index (χ4n) is 5.08. The summed E-state index contributed by atoms with van der Waals surface area (Å²) in [6.45, 7) is 4.63. The van der Waals surface area contributed by atoms with Crippen molar-refractivity contribution in [3.05, 3.63) is 127 Å². The molecular weight excluding hydrogens is 414 g/mol. The van der Waals surface area contributed by atoms with Crippen molar-refractivity contribution >= 4 is 11.4 Å². The third-order valence-corrected chi connectivity index (χ3v) is 6.92. The van der Waals surface area contributed by atoms with Gasteiger partial charge in [0.05, 0.1) is 0 Å². The van der Waals surface area contributed by atoms with E-state index in [-0.39, 0.29) is 5.75 Å². The Bertz CT molecular complexity index is 1260. The van der Waals surface area contributed by atoms with Crippen LogP contribution in [-0.2, 0) is 0 Å². The van der Waals surface area contributed by atoms with Gasteiger partial charge in [-0.25, -0.2) is 0 Å². The Morgan fingerprint density at radius 3 is 2.29 bits per heavy atom. The Labute approximate surface area is 202 Å². The van der Waals surface area contributed by atoms with Gasteiger partial charge in [0, 0.05) is 29.1 Å². The number of phenolic OH excluding ortho intramolecular Hbond substituents is 1. The smallest absolute Gasteiger partial charge is 0.117 e. The first-order chi connectivity index (χ1) is 16.6. The molecule has 3 atom stereocenters. The third kappa shape index (κ3) is 4.49. The second-order valence-electron chi connectivity index (χ2n) is 9.34. The number of nitrogens with zero attached hydrogens (tertiary/aromatic N) is 1. The standard InChI is InChI=1S/C32H31NO/c1-23-9-6-7-14-31(23)32-20-19-29(21-24(32)2)33(28-12-8-13-30(34)22-28)27-17-15-26(16-18-27)25-10-4-3-5-11-25/h3-8,10-24,32,34H,9H2,1-2H3/t23?,24-,32?/m0/s1. The van der Waals surface area contributed by atoms with Gasteiger partial charge in [0.2, 0.25) is 0 Å². The van der Waals surface area contributed by atoms with Gasteiger partial charge in [-0.2, -0.15) is 0 Å². The molecule has 0 heterocycles. The number of rotatable bonds is 5. The molecule has 3 aromatic rings. The average molecular weight is 446 g/mol. The molecule has 1 N–H and O–H groups in total. The summed E-state index contributed by atoms with van der Waals surface area (Å²) >= 11 is 0. The van der Waals surface area contributed by atoms with Gasteiger partial charge in [-0.05, 0) is 59.7 Å². The molecule has 0 saturated heterocycles. The molecule has 0 bridgehead atoms. The van der Waals surface area contributed by atoms with Gasteiger partial charge < -0.3 is 10.0 Å². The highest BCUT2D eigenvalue weighted by molar-refractivity contribution is 5.74. The molecule has 2 heteroatoms. The molecular formula is C32H31NO. The number of phenols is 1. The molecule has 0 amide bonds. The fraction of sp³-hybridized carbons (Fsp3) is 0.188. The molecule has 0 radical (unpaired) electrons. The van der Waals surface area contributed by atoms with Gasteiger partial charge in [-0.3, -0.25) is 0 Å². The maximum Gasteiger partial charge on any atom is 0.117 e. The van der Waals surface area contributed by atoms with Crippen LogP contribution in [0.2, 0.25) is 0 Å². The second-order valence-corrected chi connectivity index (χ2v) is 9.34. The highest BCUT2D eigenvalue weighted by Crippen LogP contribution is 2.40. The van der Waals surface area contributed by atoms with Crippen LogP contribution >= 0.6 is 0 Å². The van der Waals surface area contributed by atoms with E-state index in [1.54, 1.807) is 6.07 Å². The summed E-state index contributed by atoms with van der Waals surface area (Å²) in [4.78, 5) is 2.23. The normalized spacial score (nSPS) is 21.6. The number of benzene rings is 3. The lowest BCUT2D eigenvalue weighted by Crippen LogP contribution is -2.23. The van der Waals surface area contributed by atoms with E-state index in [9.17, 15) is 5.11 Å². The molecule has 2 nitrogen and oxygen atoms in total. The van der Waals surface area contributed by atoms with E-state index in [1.165, 1.54) is 16.7 Å². The predicted octanol–water partition coefficient (Wildman–Crippen LogP) is 8.43. The summed E-state index contributed by atoms with van der Waals surface area (Å²) in [6, 6.07) is 26.6. The summed E-state index contributed by atoms with van der Waals surface area (Å²) in [5.41, 5.74) is 7.05. The first kappa shape index (κ1) is 22.0. The Kier molecular flexibility index (Phi) is 6.22. The number of allylic oxidation sites excluding steroid dienone is 7. The number of aromatic hydroxyl groups is 1. The number of hydrogen-bond donors (Lipinski definition) is 1. The molecule has 2 aliphatic rings. The van der Waals surface area contributed by atoms with Crippen LogP contribution in [0.5, 0.6) is 5.75 Å². The molecule has 2 aliphatic carbocycles. The maximum absolute atomic E-state index is 10.2. The minimum Gasteiger partial charge on any atom is -0.508 e. The Hall–Kier alpha value is -3.78. The molecule has 0 aliphatic heterocycles. The van der Waals surface area contributed by atoms with Crippen molar-refractivity contribution in [2.45, 2.75) is 20.3 Å². The first-order valence-electron chi connectivity index (χ1n) is 12.1. The zero-order valence-electron chi connectivity index (χ0n) is 19.8. The summed E-state index contributed by atoms with van der Waals surface area (Å²) in [7, 11) is 0. The summed E-state index contributed by atoms with van der Waals surface area (Å²) in [6.07, 6.45) is 14.8. The van der Waals surface area contributed by atoms with E-state index in [2.05, 4.69) is 104 Å². The molecule has 3 aromatic carbocycles. The van der Waals surface area contributed by atoms with Crippen LogP contribution in [-0.4, -0.2) is 5.11 Å². The monoisotopic (exact) mass is 445 g/mol. The summed E-state index contributed by atoms with van der Waals surface area (Å²) in [5, 5.41) is 10.2. The Balaban J connectivity index is 1.50. The topological polar surface area (TPSA) is 23.5 Å². The van der Waals surface area contributed by atoms with E-state index in [0.717, 1.165) is 23.5 Å². The summed E-state index contributed by atoms with van der Waals surface area (Å²) < 4.78 is 0. The van der Waals surface area contributed by atoms with Crippen LogP contribution in [0.15, 0.2) is 127 Å². The van der Waals surface area contributed by atoms with Crippen molar-refractivity contribution in [3.8, 4) is 16.9 Å². The SMILES string of the molecule is CC1CC=CC=C1C1C=CC(N(c2ccc(-c3ccccc3)cc2)c2cccc(O)c2)=C[C@@H]1C. The molecule has 0 spiro atoms.